The van der Waals surface area contributed by atoms with Crippen LogP contribution in [-0.2, 0) is 21.9 Å². The highest BCUT2D eigenvalue weighted by atomic mass is 32.2. The van der Waals surface area contributed by atoms with Crippen LogP contribution in [0.1, 0.15) is 40.8 Å². The van der Waals surface area contributed by atoms with E-state index in [1.54, 1.807) is 48.5 Å². The van der Waals surface area contributed by atoms with Crippen molar-refractivity contribution in [2.24, 2.45) is 0 Å². The number of halogens is 2. The second-order valence-corrected chi connectivity index (χ2v) is 11.6. The third kappa shape index (κ3) is 4.15. The minimum atomic E-state index is -4.01. The van der Waals surface area contributed by atoms with Crippen LogP contribution in [0.25, 0.3) is 6.08 Å². The number of allylic oxidation sites excluding steroid dienone is 1. The van der Waals surface area contributed by atoms with Crippen molar-refractivity contribution >= 4 is 21.9 Å². The molecule has 0 unspecified atom stereocenters. The molecule has 2 aliphatic carbocycles. The molecule has 0 amide bonds. The Morgan fingerprint density at radius 1 is 0.892 bits per heavy atom. The highest BCUT2D eigenvalue weighted by molar-refractivity contribution is 7.89. The molecule has 0 bridgehead atoms. The molecule has 0 saturated heterocycles. The second-order valence-electron chi connectivity index (χ2n) is 9.78. The van der Waals surface area contributed by atoms with Crippen LogP contribution in [0.5, 0.6) is 0 Å². The van der Waals surface area contributed by atoms with Gasteiger partial charge in [-0.2, -0.15) is 12.5 Å². The van der Waals surface area contributed by atoms with E-state index in [2.05, 4.69) is 10.4 Å². The first-order valence-corrected chi connectivity index (χ1v) is 13.6. The molecule has 1 saturated carbocycles. The van der Waals surface area contributed by atoms with Crippen LogP contribution in [0.2, 0.25) is 0 Å². The number of benzene rings is 3. The molecular weight excluding hydrogens is 492 g/mol. The maximum Gasteiger partial charge on any atom is 0.283 e. The highest BCUT2D eigenvalue weighted by Crippen LogP contribution is 2.44. The maximum absolute atomic E-state index is 13.9. The lowest BCUT2D eigenvalue weighted by Gasteiger charge is -2.35. The lowest BCUT2D eigenvalue weighted by molar-refractivity contribution is 0.563. The van der Waals surface area contributed by atoms with Crippen molar-refractivity contribution in [1.29, 1.82) is 0 Å². The number of hydrogen-bond donors (Lipinski definition) is 1. The van der Waals surface area contributed by atoms with Gasteiger partial charge in [0.05, 0.1) is 10.6 Å². The molecule has 5 nitrogen and oxygen atoms in total. The average Bonchev–Trinajstić information content (AvgIpc) is 3.64. The van der Waals surface area contributed by atoms with Gasteiger partial charge in [-0.15, -0.1) is 5.10 Å². The monoisotopic (exact) mass is 517 g/mol. The zero-order chi connectivity index (χ0) is 25.8. The Morgan fingerprint density at radius 3 is 2.00 bits per heavy atom. The van der Waals surface area contributed by atoms with Gasteiger partial charge >= 0.3 is 0 Å². The molecule has 8 heteroatoms. The van der Waals surface area contributed by atoms with Crippen molar-refractivity contribution in [3.05, 3.63) is 118 Å². The van der Waals surface area contributed by atoms with Gasteiger partial charge in [0.1, 0.15) is 11.6 Å². The first-order valence-electron chi connectivity index (χ1n) is 12.2. The summed E-state index contributed by atoms with van der Waals surface area (Å²) in [7, 11) is -4.01. The van der Waals surface area contributed by atoms with Crippen LogP contribution in [0.3, 0.4) is 0 Å². The number of hydrogen-bond acceptors (Lipinski definition) is 4. The predicted octanol–water partition coefficient (Wildman–Crippen LogP) is 5.84. The fourth-order valence-electron chi connectivity index (χ4n) is 4.93. The Balaban J connectivity index is 1.55. The van der Waals surface area contributed by atoms with Gasteiger partial charge in [0.25, 0.3) is 10.0 Å². The number of fused-ring (bicyclic) bond motifs is 1. The van der Waals surface area contributed by atoms with E-state index in [-0.39, 0.29) is 29.0 Å². The lowest BCUT2D eigenvalue weighted by atomic mass is 9.68. The standard InChI is InChI=1S/C29H25F2N3O2S/c1-19-2-14-25(15-3-19)37(35,36)34-27-18-29(20-4-8-22(30)9-5-20,21-6-10-23(31)11-7-21)17-16-26(27)28(33-34)32-24-12-13-24/h2-11,14-17,24H,12-13,18H2,1H3,(H,32,33). The van der Waals surface area contributed by atoms with Gasteiger partial charge in [-0.25, -0.2) is 8.78 Å². The maximum atomic E-state index is 13.9. The summed E-state index contributed by atoms with van der Waals surface area (Å²) in [6.45, 7) is 1.90. The van der Waals surface area contributed by atoms with Gasteiger partial charge < -0.3 is 5.32 Å². The van der Waals surface area contributed by atoms with E-state index in [0.29, 0.717) is 17.1 Å². The molecule has 1 heterocycles. The number of aryl methyl sites for hydroxylation is 1. The van der Waals surface area contributed by atoms with Crippen LogP contribution in [0, 0.1) is 18.6 Å². The molecule has 0 spiro atoms. The Hall–Kier alpha value is -3.78. The van der Waals surface area contributed by atoms with Crippen molar-refractivity contribution in [2.45, 2.75) is 42.5 Å². The van der Waals surface area contributed by atoms with Crippen molar-refractivity contribution in [3.63, 3.8) is 0 Å². The second kappa shape index (κ2) is 8.66. The highest BCUT2D eigenvalue weighted by Gasteiger charge is 2.40. The molecular formula is C29H25F2N3O2S. The van der Waals surface area contributed by atoms with E-state index >= 15 is 0 Å². The lowest BCUT2D eigenvalue weighted by Crippen LogP contribution is -2.32. The van der Waals surface area contributed by atoms with E-state index in [0.717, 1.165) is 33.6 Å². The fourth-order valence-corrected chi connectivity index (χ4v) is 6.25. The van der Waals surface area contributed by atoms with Gasteiger partial charge in [-0.1, -0.05) is 54.1 Å². The molecule has 3 aromatic carbocycles. The van der Waals surface area contributed by atoms with Gasteiger partial charge in [0.2, 0.25) is 0 Å². The number of rotatable bonds is 6. The molecule has 6 rings (SSSR count). The molecule has 37 heavy (non-hydrogen) atoms. The average molecular weight is 518 g/mol. The quantitative estimate of drug-likeness (QED) is 0.349. The van der Waals surface area contributed by atoms with Crippen molar-refractivity contribution < 1.29 is 17.2 Å². The zero-order valence-electron chi connectivity index (χ0n) is 20.2. The summed E-state index contributed by atoms with van der Waals surface area (Å²) < 4.78 is 56.6. The van der Waals surface area contributed by atoms with Crippen LogP contribution in [0.4, 0.5) is 14.6 Å². The van der Waals surface area contributed by atoms with E-state index in [9.17, 15) is 17.2 Å². The molecule has 1 N–H and O–H groups in total. The van der Waals surface area contributed by atoms with Crippen LogP contribution < -0.4 is 5.32 Å². The first kappa shape index (κ1) is 23.6. The normalized spacial score (nSPS) is 16.4. The largest absolute Gasteiger partial charge is 0.365 e. The fraction of sp³-hybridized carbons (Fsp3) is 0.207. The third-order valence-electron chi connectivity index (χ3n) is 7.15. The summed E-state index contributed by atoms with van der Waals surface area (Å²) in [6, 6.07) is 19.2. The molecule has 0 radical (unpaired) electrons. The predicted molar refractivity (Wildman–Crippen MR) is 139 cm³/mol. The van der Waals surface area contributed by atoms with Crippen molar-refractivity contribution in [3.8, 4) is 0 Å². The summed E-state index contributed by atoms with van der Waals surface area (Å²) in [5.41, 5.74) is 2.85. The van der Waals surface area contributed by atoms with Crippen molar-refractivity contribution in [2.75, 3.05) is 5.32 Å². The SMILES string of the molecule is Cc1ccc(S(=O)(=O)n2nc(NC3CC3)c3c2CC(c2ccc(F)cc2)(c2ccc(F)cc2)C=C3)cc1. The zero-order valence-corrected chi connectivity index (χ0v) is 21.0. The number of anilines is 1. The minimum absolute atomic E-state index is 0.144. The van der Waals surface area contributed by atoms with Crippen LogP contribution in [-0.4, -0.2) is 23.6 Å². The number of nitrogens with one attached hydrogen (secondary N) is 1. The van der Waals surface area contributed by atoms with Gasteiger partial charge in [0.15, 0.2) is 5.82 Å². The van der Waals surface area contributed by atoms with E-state index in [4.69, 9.17) is 0 Å². The van der Waals surface area contributed by atoms with E-state index < -0.39 is 15.4 Å². The molecule has 0 atom stereocenters. The molecule has 1 aromatic heterocycles. The molecule has 1 fully saturated rings. The topological polar surface area (TPSA) is 64.0 Å². The van der Waals surface area contributed by atoms with Gasteiger partial charge in [0, 0.05) is 23.4 Å². The van der Waals surface area contributed by atoms with E-state index in [1.807, 2.05) is 19.1 Å². The van der Waals surface area contributed by atoms with Crippen LogP contribution in [0.15, 0.2) is 83.8 Å². The summed E-state index contributed by atoms with van der Waals surface area (Å²) in [4.78, 5) is 0.144. The van der Waals surface area contributed by atoms with Crippen molar-refractivity contribution in [1.82, 2.24) is 9.19 Å². The van der Waals surface area contributed by atoms with E-state index in [1.165, 1.54) is 24.3 Å². The molecule has 2 aliphatic rings. The smallest absolute Gasteiger partial charge is 0.283 e. The number of aromatic nitrogens is 2. The Morgan fingerprint density at radius 2 is 1.46 bits per heavy atom. The third-order valence-corrected chi connectivity index (χ3v) is 8.78. The Bertz CT molecular complexity index is 1560. The summed E-state index contributed by atoms with van der Waals surface area (Å²) >= 11 is 0. The Kier molecular flexibility index (Phi) is 5.53. The first-order chi connectivity index (χ1) is 17.8. The number of nitrogens with zero attached hydrogens (tertiary/aromatic N) is 2. The van der Waals surface area contributed by atoms with Crippen LogP contribution >= 0.6 is 0 Å². The van der Waals surface area contributed by atoms with Gasteiger partial charge in [-0.05, 0) is 67.3 Å². The molecule has 4 aromatic rings. The van der Waals surface area contributed by atoms with Gasteiger partial charge in [-0.3, -0.25) is 0 Å². The Labute approximate surface area is 214 Å². The summed E-state index contributed by atoms with van der Waals surface area (Å²) in [6.07, 6.45) is 6.11. The summed E-state index contributed by atoms with van der Waals surface area (Å²) in [5, 5.41) is 7.94. The molecule has 0 aliphatic heterocycles. The molecule has 188 valence electrons. The summed E-state index contributed by atoms with van der Waals surface area (Å²) in [5.74, 6) is -0.223. The minimum Gasteiger partial charge on any atom is -0.365 e.